The van der Waals surface area contributed by atoms with Crippen LogP contribution in [-0.2, 0) is 4.79 Å². The summed E-state index contributed by atoms with van der Waals surface area (Å²) in [5, 5.41) is 2.89. The molecule has 0 aliphatic rings. The van der Waals surface area contributed by atoms with E-state index >= 15 is 0 Å². The van der Waals surface area contributed by atoms with Gasteiger partial charge in [-0.3, -0.25) is 4.79 Å². The van der Waals surface area contributed by atoms with Crippen LogP contribution >= 0.6 is 0 Å². The molecule has 0 radical (unpaired) electrons. The quantitative estimate of drug-likeness (QED) is 0.653. The van der Waals surface area contributed by atoms with Crippen molar-refractivity contribution in [3.05, 3.63) is 0 Å². The molecular formula is C11H25N3O. The Labute approximate surface area is 93.2 Å². The number of carbonyl (C=O) groups is 1. The van der Waals surface area contributed by atoms with Crippen LogP contribution in [0, 0.1) is 0 Å². The fourth-order valence-corrected chi connectivity index (χ4v) is 1.08. The van der Waals surface area contributed by atoms with Gasteiger partial charge in [0.05, 0.1) is 0 Å². The van der Waals surface area contributed by atoms with Crippen molar-refractivity contribution in [1.82, 2.24) is 10.2 Å². The van der Waals surface area contributed by atoms with E-state index in [0.717, 1.165) is 13.0 Å². The summed E-state index contributed by atoms with van der Waals surface area (Å²) in [5.41, 5.74) is 5.57. The molecule has 0 rings (SSSR count). The highest BCUT2D eigenvalue weighted by Gasteiger charge is 2.05. The van der Waals surface area contributed by atoms with Crippen LogP contribution in [0.4, 0.5) is 0 Å². The van der Waals surface area contributed by atoms with E-state index in [1.807, 2.05) is 6.92 Å². The Morgan fingerprint density at radius 1 is 1.40 bits per heavy atom. The lowest BCUT2D eigenvalue weighted by Gasteiger charge is -2.20. The smallest absolute Gasteiger partial charge is 0.220 e. The topological polar surface area (TPSA) is 58.4 Å². The molecule has 0 spiro atoms. The molecule has 0 aromatic heterocycles. The predicted octanol–water partition coefficient (Wildman–Crippen LogP) is 0.570. The molecule has 0 bridgehead atoms. The number of hydrogen-bond donors (Lipinski definition) is 2. The number of hydrogen-bond acceptors (Lipinski definition) is 3. The molecular weight excluding hydrogens is 190 g/mol. The number of likely N-dealkylation sites (N-methyl/N-ethyl adjacent to an activating group) is 1. The number of carbonyl (C=O) groups excluding carboxylic acids is 1. The molecule has 90 valence electrons. The Morgan fingerprint density at radius 2 is 2.00 bits per heavy atom. The molecule has 0 saturated heterocycles. The number of amides is 1. The molecule has 15 heavy (non-hydrogen) atoms. The zero-order chi connectivity index (χ0) is 11.8. The highest BCUT2D eigenvalue weighted by Crippen LogP contribution is 1.94. The molecule has 1 unspecified atom stereocenters. The number of nitrogens with one attached hydrogen (secondary N) is 1. The van der Waals surface area contributed by atoms with Gasteiger partial charge in [-0.25, -0.2) is 0 Å². The first kappa shape index (κ1) is 14.4. The second-order valence-electron chi connectivity index (χ2n) is 4.44. The third kappa shape index (κ3) is 8.39. The molecule has 0 aliphatic heterocycles. The average molecular weight is 215 g/mol. The van der Waals surface area contributed by atoms with Crippen LogP contribution in [0.25, 0.3) is 0 Å². The monoisotopic (exact) mass is 215 g/mol. The summed E-state index contributed by atoms with van der Waals surface area (Å²) < 4.78 is 0. The van der Waals surface area contributed by atoms with Gasteiger partial charge in [-0.1, -0.05) is 0 Å². The minimum absolute atomic E-state index is 0.101. The molecule has 1 amide bonds. The van der Waals surface area contributed by atoms with Gasteiger partial charge in [-0.15, -0.1) is 0 Å². The maximum absolute atomic E-state index is 11.3. The highest BCUT2D eigenvalue weighted by atomic mass is 16.1. The van der Waals surface area contributed by atoms with Crippen LogP contribution in [0.1, 0.15) is 33.6 Å². The first-order valence-electron chi connectivity index (χ1n) is 5.66. The maximum atomic E-state index is 11.3. The molecule has 0 aliphatic carbocycles. The summed E-state index contributed by atoms with van der Waals surface area (Å²) in [6.07, 6.45) is 1.29. The number of nitrogens with zero attached hydrogens (tertiary/aromatic N) is 1. The summed E-state index contributed by atoms with van der Waals surface area (Å²) in [4.78, 5) is 13.5. The van der Waals surface area contributed by atoms with Crippen molar-refractivity contribution in [3.8, 4) is 0 Å². The van der Waals surface area contributed by atoms with Gasteiger partial charge in [-0.05, 0) is 34.2 Å². The molecule has 0 saturated carbocycles. The Kier molecular flexibility index (Phi) is 7.34. The van der Waals surface area contributed by atoms with Gasteiger partial charge in [0.1, 0.15) is 0 Å². The van der Waals surface area contributed by atoms with Crippen LogP contribution in [0.3, 0.4) is 0 Å². The molecule has 3 N–H and O–H groups in total. The van der Waals surface area contributed by atoms with E-state index in [9.17, 15) is 4.79 Å². The van der Waals surface area contributed by atoms with Crippen LogP contribution in [0.5, 0.6) is 0 Å². The van der Waals surface area contributed by atoms with Crippen LogP contribution < -0.4 is 11.1 Å². The zero-order valence-corrected chi connectivity index (χ0v) is 10.4. The molecule has 1 atom stereocenters. The van der Waals surface area contributed by atoms with E-state index in [4.69, 9.17) is 5.73 Å². The maximum Gasteiger partial charge on any atom is 0.220 e. The lowest BCUT2D eigenvalue weighted by Crippen LogP contribution is -2.36. The Morgan fingerprint density at radius 3 is 2.47 bits per heavy atom. The first-order chi connectivity index (χ1) is 6.93. The van der Waals surface area contributed by atoms with Crippen molar-refractivity contribution in [2.75, 3.05) is 20.1 Å². The van der Waals surface area contributed by atoms with Crippen molar-refractivity contribution in [2.24, 2.45) is 5.73 Å². The fraction of sp³-hybridized carbons (Fsp3) is 0.909. The van der Waals surface area contributed by atoms with Gasteiger partial charge in [-0.2, -0.15) is 0 Å². The molecule has 0 fully saturated rings. The largest absolute Gasteiger partial charge is 0.355 e. The van der Waals surface area contributed by atoms with Gasteiger partial charge in [0, 0.05) is 31.6 Å². The van der Waals surface area contributed by atoms with Gasteiger partial charge in [0.2, 0.25) is 5.91 Å². The Hall–Kier alpha value is -0.610. The molecule has 0 aromatic rings. The van der Waals surface area contributed by atoms with Crippen molar-refractivity contribution in [1.29, 1.82) is 0 Å². The number of nitrogens with two attached hydrogens (primary N) is 1. The second-order valence-corrected chi connectivity index (χ2v) is 4.44. The van der Waals surface area contributed by atoms with Gasteiger partial charge >= 0.3 is 0 Å². The first-order valence-corrected chi connectivity index (χ1v) is 5.66. The summed E-state index contributed by atoms with van der Waals surface area (Å²) in [6.45, 7) is 7.80. The Bertz CT molecular complexity index is 181. The van der Waals surface area contributed by atoms with Crippen molar-refractivity contribution >= 4 is 5.91 Å². The van der Waals surface area contributed by atoms with Gasteiger partial charge in [0.25, 0.3) is 0 Å². The third-order valence-electron chi connectivity index (χ3n) is 2.49. The minimum atomic E-state index is 0.101. The number of rotatable bonds is 7. The molecule has 4 heteroatoms. The normalized spacial score (nSPS) is 13.3. The predicted molar refractivity (Wildman–Crippen MR) is 63.7 cm³/mol. The fourth-order valence-electron chi connectivity index (χ4n) is 1.08. The van der Waals surface area contributed by atoms with Crippen molar-refractivity contribution in [3.63, 3.8) is 0 Å². The Balaban J connectivity index is 3.47. The van der Waals surface area contributed by atoms with Crippen molar-refractivity contribution in [2.45, 2.75) is 45.7 Å². The van der Waals surface area contributed by atoms with E-state index in [0.29, 0.717) is 19.0 Å². The summed E-state index contributed by atoms with van der Waals surface area (Å²) in [7, 11) is 2.05. The van der Waals surface area contributed by atoms with E-state index in [1.165, 1.54) is 0 Å². The van der Waals surface area contributed by atoms with E-state index in [-0.39, 0.29) is 11.9 Å². The van der Waals surface area contributed by atoms with E-state index in [2.05, 4.69) is 31.1 Å². The van der Waals surface area contributed by atoms with Gasteiger partial charge in [0.15, 0.2) is 0 Å². The van der Waals surface area contributed by atoms with Crippen LogP contribution in [0.15, 0.2) is 0 Å². The van der Waals surface area contributed by atoms with Crippen LogP contribution in [0.2, 0.25) is 0 Å². The molecule has 0 heterocycles. The lowest BCUT2D eigenvalue weighted by molar-refractivity contribution is -0.121. The third-order valence-corrected chi connectivity index (χ3v) is 2.49. The molecule has 4 nitrogen and oxygen atoms in total. The van der Waals surface area contributed by atoms with E-state index < -0.39 is 0 Å². The zero-order valence-electron chi connectivity index (χ0n) is 10.4. The minimum Gasteiger partial charge on any atom is -0.355 e. The summed E-state index contributed by atoms with van der Waals surface area (Å²) >= 11 is 0. The highest BCUT2D eigenvalue weighted by molar-refractivity contribution is 5.75. The lowest BCUT2D eigenvalue weighted by atomic mass is 10.2. The summed E-state index contributed by atoms with van der Waals surface area (Å²) in [5.74, 6) is 0.101. The van der Waals surface area contributed by atoms with Gasteiger partial charge < -0.3 is 16.0 Å². The van der Waals surface area contributed by atoms with E-state index in [1.54, 1.807) is 0 Å². The molecule has 0 aromatic carbocycles. The van der Waals surface area contributed by atoms with Crippen LogP contribution in [-0.4, -0.2) is 43.0 Å². The summed E-state index contributed by atoms with van der Waals surface area (Å²) in [6, 6.07) is 0.625. The SMILES string of the molecule is CC(N)CCC(=O)NCCN(C)C(C)C. The standard InChI is InChI=1S/C11H25N3O/c1-9(2)14(4)8-7-13-11(15)6-5-10(3)12/h9-10H,5-8,12H2,1-4H3,(H,13,15). The van der Waals surface area contributed by atoms with Crippen molar-refractivity contribution < 1.29 is 4.79 Å². The average Bonchev–Trinajstić information content (AvgIpc) is 2.14. The second kappa shape index (κ2) is 7.65.